The third-order valence-electron chi connectivity index (χ3n) is 17.5. The molecule has 0 bridgehead atoms. The van der Waals surface area contributed by atoms with Crippen LogP contribution in [0, 0.1) is 69.0 Å². The number of fused-ring (bicyclic) bond motifs is 10. The predicted octanol–water partition coefficient (Wildman–Crippen LogP) is 9.16. The quantitative estimate of drug-likeness (QED) is 0.298. The molecule has 2 amide bonds. The van der Waals surface area contributed by atoms with E-state index in [4.69, 9.17) is 0 Å². The SMILES string of the molecule is C[C@]12CCCC[C@@H]1CC[C@@H]1[C@@H]2CC[C@]2(C)C(C(=O)NCCNC(=O)C3=CC[C@H]4[C@@H]5CC[C@H]6CCCC[C@]6(C)[C@H]5CC[C@]34C)=CC[C@@H]12. The first-order chi connectivity index (χ1) is 22.1. The molecular weight excluding hydrogens is 564 g/mol. The van der Waals surface area contributed by atoms with Gasteiger partial charge in [0, 0.05) is 35.1 Å². The van der Waals surface area contributed by atoms with Crippen molar-refractivity contribution in [3.63, 3.8) is 0 Å². The third kappa shape index (κ3) is 4.63. The van der Waals surface area contributed by atoms with Gasteiger partial charge in [0.05, 0.1) is 0 Å². The summed E-state index contributed by atoms with van der Waals surface area (Å²) in [5, 5.41) is 6.49. The zero-order valence-electron chi connectivity index (χ0n) is 29.7. The van der Waals surface area contributed by atoms with E-state index >= 15 is 0 Å². The van der Waals surface area contributed by atoms with Crippen LogP contribution < -0.4 is 10.6 Å². The minimum absolute atomic E-state index is 0.0112. The zero-order valence-corrected chi connectivity index (χ0v) is 29.7. The monoisotopic (exact) mass is 628 g/mol. The number of carbonyl (C=O) groups is 2. The van der Waals surface area contributed by atoms with Gasteiger partial charge in [-0.1, -0.05) is 65.5 Å². The number of amides is 2. The van der Waals surface area contributed by atoms with Crippen LogP contribution in [-0.4, -0.2) is 24.9 Å². The number of nitrogens with one attached hydrogen (secondary N) is 2. The summed E-state index contributed by atoms with van der Waals surface area (Å²) in [5.41, 5.74) is 3.18. The molecule has 254 valence electrons. The topological polar surface area (TPSA) is 58.2 Å². The fourth-order valence-electron chi connectivity index (χ4n) is 15.0. The Bertz CT molecular complexity index is 1200. The highest BCUT2D eigenvalue weighted by Gasteiger charge is 2.60. The van der Waals surface area contributed by atoms with Crippen LogP contribution in [0.4, 0.5) is 0 Å². The third-order valence-corrected chi connectivity index (χ3v) is 17.5. The Morgan fingerprint density at radius 1 is 0.565 bits per heavy atom. The van der Waals surface area contributed by atoms with Crippen LogP contribution in [0.1, 0.15) is 143 Å². The predicted molar refractivity (Wildman–Crippen MR) is 186 cm³/mol. The Balaban J connectivity index is 0.846. The molecule has 0 aromatic carbocycles. The van der Waals surface area contributed by atoms with E-state index in [1.54, 1.807) is 0 Å². The van der Waals surface area contributed by atoms with E-state index in [9.17, 15) is 9.59 Å². The second kappa shape index (κ2) is 11.5. The minimum Gasteiger partial charge on any atom is -0.351 e. The van der Waals surface area contributed by atoms with E-state index in [1.807, 2.05) is 0 Å². The summed E-state index contributed by atoms with van der Waals surface area (Å²) in [6, 6.07) is 0. The molecule has 0 unspecified atom stereocenters. The number of hydrogen-bond donors (Lipinski definition) is 2. The average molecular weight is 629 g/mol. The van der Waals surface area contributed by atoms with Gasteiger partial charge in [0.25, 0.3) is 0 Å². The van der Waals surface area contributed by atoms with Crippen LogP contribution in [0.15, 0.2) is 23.3 Å². The van der Waals surface area contributed by atoms with Gasteiger partial charge in [0.2, 0.25) is 11.8 Å². The van der Waals surface area contributed by atoms with E-state index in [2.05, 4.69) is 50.5 Å². The summed E-state index contributed by atoms with van der Waals surface area (Å²) in [6.45, 7) is 11.1. The molecule has 12 atom stereocenters. The largest absolute Gasteiger partial charge is 0.351 e. The van der Waals surface area contributed by atoms with Gasteiger partial charge in [0.1, 0.15) is 0 Å². The summed E-state index contributed by atoms with van der Waals surface area (Å²) < 4.78 is 0. The maximum absolute atomic E-state index is 13.7. The van der Waals surface area contributed by atoms with Crippen molar-refractivity contribution in [2.45, 2.75) is 143 Å². The summed E-state index contributed by atoms with van der Waals surface area (Å²) >= 11 is 0. The highest BCUT2D eigenvalue weighted by Crippen LogP contribution is 2.68. The molecular formula is C42H64N2O2. The van der Waals surface area contributed by atoms with E-state index in [-0.39, 0.29) is 22.6 Å². The fraction of sp³-hybridized carbons (Fsp3) is 0.857. The lowest BCUT2D eigenvalue weighted by Gasteiger charge is -2.60. The Kier molecular flexibility index (Phi) is 7.92. The number of rotatable bonds is 5. The van der Waals surface area contributed by atoms with Gasteiger partial charge < -0.3 is 10.6 Å². The average Bonchev–Trinajstić information content (AvgIpc) is 3.59. The molecule has 2 N–H and O–H groups in total. The van der Waals surface area contributed by atoms with Gasteiger partial charge in [-0.25, -0.2) is 0 Å². The smallest absolute Gasteiger partial charge is 0.247 e. The lowest BCUT2D eigenvalue weighted by molar-refractivity contribution is -0.124. The standard InChI is InChI=1S/C42H64N2O2/c1-39-21-7-5-9-27(39)11-13-29-31-15-17-35(41(31,3)23-19-33(29)39)37(45)43-25-26-44-38(46)36-18-16-32-30-14-12-28-10-6-8-22-40(28,2)34(30)20-24-42(32,36)4/h17-18,27-34H,5-16,19-26H2,1-4H3,(H,43,45)(H,44,46)/t27-,28-,29+,30+,31+,32+,33+,34+,39+,40+,41+,42+/m1/s1. The summed E-state index contributed by atoms with van der Waals surface area (Å²) in [5.74, 6) is 6.61. The molecule has 8 aliphatic carbocycles. The van der Waals surface area contributed by atoms with E-state index < -0.39 is 0 Å². The molecule has 0 heterocycles. The molecule has 6 fully saturated rings. The van der Waals surface area contributed by atoms with Crippen molar-refractivity contribution in [1.82, 2.24) is 10.6 Å². The molecule has 0 spiro atoms. The Morgan fingerprint density at radius 3 is 1.43 bits per heavy atom. The zero-order chi connectivity index (χ0) is 31.9. The molecule has 8 aliphatic rings. The lowest BCUT2D eigenvalue weighted by Crippen LogP contribution is -2.53. The first-order valence-corrected chi connectivity index (χ1v) is 20.1. The second-order valence-corrected chi connectivity index (χ2v) is 18.9. The summed E-state index contributed by atoms with van der Waals surface area (Å²) in [6.07, 6.45) is 28.7. The lowest BCUT2D eigenvalue weighted by atomic mass is 9.45. The fourth-order valence-corrected chi connectivity index (χ4v) is 15.0. The van der Waals surface area contributed by atoms with Crippen molar-refractivity contribution in [1.29, 1.82) is 0 Å². The molecule has 0 radical (unpaired) electrons. The Morgan fingerprint density at radius 2 is 1.00 bits per heavy atom. The molecule has 0 aromatic rings. The first kappa shape index (κ1) is 31.7. The Hall–Kier alpha value is -1.58. The van der Waals surface area contributed by atoms with Gasteiger partial charge in [-0.05, 0) is 148 Å². The number of hydrogen-bond acceptors (Lipinski definition) is 2. The van der Waals surface area contributed by atoms with Crippen molar-refractivity contribution in [2.24, 2.45) is 69.0 Å². The molecule has 0 saturated heterocycles. The van der Waals surface area contributed by atoms with E-state index in [0.29, 0.717) is 35.8 Å². The highest BCUT2D eigenvalue weighted by molar-refractivity contribution is 5.96. The van der Waals surface area contributed by atoms with E-state index in [1.165, 1.54) is 89.9 Å². The normalized spacial score (nSPS) is 49.1. The molecule has 4 heteroatoms. The second-order valence-electron chi connectivity index (χ2n) is 18.9. The number of allylic oxidation sites excluding steroid dienone is 2. The molecule has 4 nitrogen and oxygen atoms in total. The van der Waals surface area contributed by atoms with Crippen LogP contribution in [0.3, 0.4) is 0 Å². The van der Waals surface area contributed by atoms with Crippen molar-refractivity contribution >= 4 is 11.8 Å². The Labute approximate surface area is 280 Å². The minimum atomic E-state index is 0.0112. The molecule has 0 aromatic heterocycles. The van der Waals surface area contributed by atoms with Crippen molar-refractivity contribution in [3.8, 4) is 0 Å². The molecule has 46 heavy (non-hydrogen) atoms. The van der Waals surface area contributed by atoms with Gasteiger partial charge >= 0.3 is 0 Å². The van der Waals surface area contributed by atoms with Crippen molar-refractivity contribution < 1.29 is 9.59 Å². The molecule has 0 aliphatic heterocycles. The van der Waals surface area contributed by atoms with Crippen LogP contribution >= 0.6 is 0 Å². The maximum atomic E-state index is 13.7. The van der Waals surface area contributed by atoms with Gasteiger partial charge in [-0.2, -0.15) is 0 Å². The van der Waals surface area contributed by atoms with Crippen molar-refractivity contribution in [3.05, 3.63) is 23.3 Å². The van der Waals surface area contributed by atoms with Gasteiger partial charge in [-0.15, -0.1) is 0 Å². The molecule has 8 rings (SSSR count). The van der Waals surface area contributed by atoms with Gasteiger partial charge in [-0.3, -0.25) is 9.59 Å². The van der Waals surface area contributed by atoms with Crippen molar-refractivity contribution in [2.75, 3.05) is 13.1 Å². The maximum Gasteiger partial charge on any atom is 0.247 e. The van der Waals surface area contributed by atoms with E-state index in [0.717, 1.165) is 72.3 Å². The highest BCUT2D eigenvalue weighted by atomic mass is 16.2. The van der Waals surface area contributed by atoms with Crippen LogP contribution in [-0.2, 0) is 9.59 Å². The van der Waals surface area contributed by atoms with Crippen LogP contribution in [0.5, 0.6) is 0 Å². The number of carbonyl (C=O) groups excluding carboxylic acids is 2. The van der Waals surface area contributed by atoms with Gasteiger partial charge in [0.15, 0.2) is 0 Å². The summed E-state index contributed by atoms with van der Waals surface area (Å²) in [7, 11) is 0. The van der Waals surface area contributed by atoms with Crippen LogP contribution in [0.2, 0.25) is 0 Å². The first-order valence-electron chi connectivity index (χ1n) is 20.1. The summed E-state index contributed by atoms with van der Waals surface area (Å²) in [4.78, 5) is 27.3. The van der Waals surface area contributed by atoms with Crippen LogP contribution in [0.25, 0.3) is 0 Å². The molecule has 6 saturated carbocycles.